The average molecular weight is 431 g/mol. The monoisotopic (exact) mass is 430 g/mol. The number of amides is 1. The van der Waals surface area contributed by atoms with E-state index in [0.717, 1.165) is 11.3 Å². The van der Waals surface area contributed by atoms with Crippen LogP contribution in [-0.4, -0.2) is 34.5 Å². The van der Waals surface area contributed by atoms with Crippen molar-refractivity contribution in [3.63, 3.8) is 0 Å². The number of carbonyl (C=O) groups is 1. The first kappa shape index (κ1) is 20.9. The van der Waals surface area contributed by atoms with Crippen LogP contribution in [0.3, 0.4) is 0 Å². The number of nitrogens with zero attached hydrogens (tertiary/aromatic N) is 1. The highest BCUT2D eigenvalue weighted by molar-refractivity contribution is 7.94. The van der Waals surface area contributed by atoms with Gasteiger partial charge < -0.3 is 10.1 Å². The van der Waals surface area contributed by atoms with E-state index < -0.39 is 10.0 Å². The molecule has 1 heterocycles. The van der Waals surface area contributed by atoms with E-state index in [-0.39, 0.29) is 10.1 Å². The molecule has 6 nitrogen and oxygen atoms in total. The van der Waals surface area contributed by atoms with Crippen LogP contribution in [0.1, 0.15) is 15.9 Å². The third kappa shape index (κ3) is 4.96. The Bertz CT molecular complexity index is 1060. The summed E-state index contributed by atoms with van der Waals surface area (Å²) in [6.07, 6.45) is 0. The smallest absolute Gasteiger partial charge is 0.273 e. The van der Waals surface area contributed by atoms with Crippen molar-refractivity contribution < 1.29 is 17.9 Å². The predicted molar refractivity (Wildman–Crippen MR) is 115 cm³/mol. The highest BCUT2D eigenvalue weighted by Crippen LogP contribution is 2.25. The van der Waals surface area contributed by atoms with Gasteiger partial charge in [-0.05, 0) is 54.3 Å². The van der Waals surface area contributed by atoms with Crippen molar-refractivity contribution in [2.24, 2.45) is 0 Å². The van der Waals surface area contributed by atoms with E-state index in [1.807, 2.05) is 31.2 Å². The number of sulfonamides is 1. The standard InChI is InChI=1S/C21H22N2O4S2/c1-16-6-3-4-7-19(16)27-14-13-22-21(24)17-9-11-18(12-10-17)23(2)29(25,26)20-8-5-15-28-20/h3-12,15H,13-14H2,1-2H3,(H,22,24). The molecule has 8 heteroatoms. The topological polar surface area (TPSA) is 75.7 Å². The highest BCUT2D eigenvalue weighted by atomic mass is 32.2. The van der Waals surface area contributed by atoms with Gasteiger partial charge in [0.25, 0.3) is 15.9 Å². The first-order valence-corrected chi connectivity index (χ1v) is 11.3. The van der Waals surface area contributed by atoms with Crippen LogP contribution < -0.4 is 14.4 Å². The second-order valence-corrected chi connectivity index (χ2v) is 9.47. The Morgan fingerprint density at radius 1 is 1.07 bits per heavy atom. The lowest BCUT2D eigenvalue weighted by molar-refractivity contribution is 0.0947. The molecule has 3 aromatic rings. The fourth-order valence-corrected chi connectivity index (χ4v) is 5.01. The SMILES string of the molecule is Cc1ccccc1OCCNC(=O)c1ccc(N(C)S(=O)(=O)c2cccs2)cc1. The van der Waals surface area contributed by atoms with Gasteiger partial charge in [-0.15, -0.1) is 11.3 Å². The molecular formula is C21H22N2O4S2. The Morgan fingerprint density at radius 3 is 2.45 bits per heavy atom. The van der Waals surface area contributed by atoms with Gasteiger partial charge in [0.2, 0.25) is 0 Å². The first-order chi connectivity index (χ1) is 13.9. The molecule has 0 aliphatic carbocycles. The molecule has 0 saturated carbocycles. The number of nitrogens with one attached hydrogen (secondary N) is 1. The van der Waals surface area contributed by atoms with E-state index in [4.69, 9.17) is 4.74 Å². The van der Waals surface area contributed by atoms with E-state index >= 15 is 0 Å². The van der Waals surface area contributed by atoms with E-state index in [9.17, 15) is 13.2 Å². The molecule has 0 radical (unpaired) electrons. The van der Waals surface area contributed by atoms with Crippen molar-refractivity contribution in [3.05, 3.63) is 77.2 Å². The number of hydrogen-bond acceptors (Lipinski definition) is 5. The summed E-state index contributed by atoms with van der Waals surface area (Å²) in [6.45, 7) is 2.68. The molecule has 0 fully saturated rings. The molecule has 29 heavy (non-hydrogen) atoms. The summed E-state index contributed by atoms with van der Waals surface area (Å²) in [5, 5.41) is 4.52. The zero-order valence-electron chi connectivity index (χ0n) is 16.2. The molecule has 0 unspecified atom stereocenters. The van der Waals surface area contributed by atoms with E-state index in [2.05, 4.69) is 5.32 Å². The summed E-state index contributed by atoms with van der Waals surface area (Å²) < 4.78 is 32.3. The number of anilines is 1. The molecule has 0 bridgehead atoms. The van der Waals surface area contributed by atoms with Crippen LogP contribution in [0.4, 0.5) is 5.69 Å². The van der Waals surface area contributed by atoms with Crippen LogP contribution in [0.2, 0.25) is 0 Å². The van der Waals surface area contributed by atoms with Gasteiger partial charge in [0.1, 0.15) is 16.6 Å². The van der Waals surface area contributed by atoms with Gasteiger partial charge in [-0.2, -0.15) is 0 Å². The number of para-hydroxylation sites is 1. The van der Waals surface area contributed by atoms with Crippen molar-refractivity contribution in [1.29, 1.82) is 0 Å². The zero-order chi connectivity index (χ0) is 20.9. The lowest BCUT2D eigenvalue weighted by atomic mass is 10.2. The number of thiophene rings is 1. The maximum Gasteiger partial charge on any atom is 0.273 e. The largest absolute Gasteiger partial charge is 0.491 e. The summed E-state index contributed by atoms with van der Waals surface area (Å²) in [6, 6.07) is 17.4. The fraction of sp³-hybridized carbons (Fsp3) is 0.190. The average Bonchev–Trinajstić information content (AvgIpc) is 3.27. The number of aryl methyl sites for hydroxylation is 1. The summed E-state index contributed by atoms with van der Waals surface area (Å²) in [7, 11) is -2.10. The van der Waals surface area contributed by atoms with Crippen LogP contribution in [0.25, 0.3) is 0 Å². The molecular weight excluding hydrogens is 408 g/mol. The maximum absolute atomic E-state index is 12.6. The van der Waals surface area contributed by atoms with Gasteiger partial charge in [-0.1, -0.05) is 24.3 Å². The fourth-order valence-electron chi connectivity index (χ4n) is 2.65. The number of hydrogen-bond donors (Lipinski definition) is 1. The number of carbonyl (C=O) groups excluding carboxylic acids is 1. The molecule has 3 rings (SSSR count). The minimum Gasteiger partial charge on any atom is -0.491 e. The van der Waals surface area contributed by atoms with Crippen molar-refractivity contribution >= 4 is 33.0 Å². The second-order valence-electron chi connectivity index (χ2n) is 6.32. The Labute approximate surface area is 174 Å². The summed E-state index contributed by atoms with van der Waals surface area (Å²) in [5.74, 6) is 0.551. The van der Waals surface area contributed by atoms with Gasteiger partial charge in [-0.25, -0.2) is 8.42 Å². The molecule has 2 aromatic carbocycles. The van der Waals surface area contributed by atoms with Crippen molar-refractivity contribution in [2.45, 2.75) is 11.1 Å². The van der Waals surface area contributed by atoms with Crippen molar-refractivity contribution in [3.8, 4) is 5.75 Å². The van der Waals surface area contributed by atoms with Crippen LogP contribution >= 0.6 is 11.3 Å². The van der Waals surface area contributed by atoms with Crippen LogP contribution in [0, 0.1) is 6.92 Å². The minimum absolute atomic E-state index is 0.242. The molecule has 0 spiro atoms. The quantitative estimate of drug-likeness (QED) is 0.553. The van der Waals surface area contributed by atoms with E-state index in [1.165, 1.54) is 22.7 Å². The molecule has 1 N–H and O–H groups in total. The molecule has 152 valence electrons. The molecule has 1 aromatic heterocycles. The Hall–Kier alpha value is -2.84. The Morgan fingerprint density at radius 2 is 1.79 bits per heavy atom. The predicted octanol–water partition coefficient (Wildman–Crippen LogP) is 3.69. The lowest BCUT2D eigenvalue weighted by Crippen LogP contribution is -2.28. The number of rotatable bonds is 8. The van der Waals surface area contributed by atoms with Gasteiger partial charge >= 0.3 is 0 Å². The van der Waals surface area contributed by atoms with E-state index in [0.29, 0.717) is 24.4 Å². The second kappa shape index (κ2) is 9.11. The summed E-state index contributed by atoms with van der Waals surface area (Å²) in [5.41, 5.74) is 1.97. The normalized spacial score (nSPS) is 11.1. The Kier molecular flexibility index (Phi) is 6.56. The molecule has 1 amide bonds. The third-order valence-electron chi connectivity index (χ3n) is 4.34. The van der Waals surface area contributed by atoms with Crippen LogP contribution in [0.15, 0.2) is 70.3 Å². The van der Waals surface area contributed by atoms with Gasteiger partial charge in [0.05, 0.1) is 12.2 Å². The highest BCUT2D eigenvalue weighted by Gasteiger charge is 2.22. The molecule has 0 aliphatic rings. The maximum atomic E-state index is 12.6. The Balaban J connectivity index is 1.55. The third-order valence-corrected chi connectivity index (χ3v) is 7.50. The number of benzene rings is 2. The summed E-state index contributed by atoms with van der Waals surface area (Å²) in [4.78, 5) is 12.3. The number of ether oxygens (including phenoxy) is 1. The van der Waals surface area contributed by atoms with Crippen molar-refractivity contribution in [1.82, 2.24) is 5.32 Å². The molecule has 0 saturated heterocycles. The summed E-state index contributed by atoms with van der Waals surface area (Å²) >= 11 is 1.17. The first-order valence-electron chi connectivity index (χ1n) is 8.99. The van der Waals surface area contributed by atoms with E-state index in [1.54, 1.807) is 41.8 Å². The zero-order valence-corrected chi connectivity index (χ0v) is 17.8. The van der Waals surface area contributed by atoms with Crippen molar-refractivity contribution in [2.75, 3.05) is 24.5 Å². The molecule has 0 atom stereocenters. The minimum atomic E-state index is -3.59. The van der Waals surface area contributed by atoms with Gasteiger partial charge in [0, 0.05) is 12.6 Å². The van der Waals surface area contributed by atoms with Crippen LogP contribution in [-0.2, 0) is 10.0 Å². The van der Waals surface area contributed by atoms with Crippen LogP contribution in [0.5, 0.6) is 5.75 Å². The van der Waals surface area contributed by atoms with Gasteiger partial charge in [-0.3, -0.25) is 9.10 Å². The molecule has 0 aliphatic heterocycles. The lowest BCUT2D eigenvalue weighted by Gasteiger charge is -2.18. The van der Waals surface area contributed by atoms with Gasteiger partial charge in [0.15, 0.2) is 0 Å².